The zero-order valence-corrected chi connectivity index (χ0v) is 11.0. The molecule has 0 unspecified atom stereocenters. The molecule has 0 bridgehead atoms. The molecule has 0 amide bonds. The minimum Gasteiger partial charge on any atom is -0.397 e. The van der Waals surface area contributed by atoms with Crippen LogP contribution in [0.25, 0.3) is 16.6 Å². The van der Waals surface area contributed by atoms with E-state index in [4.69, 9.17) is 5.73 Å². The third-order valence-electron chi connectivity index (χ3n) is 3.23. The van der Waals surface area contributed by atoms with Crippen molar-refractivity contribution < 1.29 is 0 Å². The zero-order valence-electron chi connectivity index (χ0n) is 11.0. The van der Waals surface area contributed by atoms with Gasteiger partial charge in [0.05, 0.1) is 22.6 Å². The molecule has 2 aromatic heterocycles. The van der Waals surface area contributed by atoms with Crippen LogP contribution in [0, 0.1) is 0 Å². The van der Waals surface area contributed by atoms with E-state index in [0.29, 0.717) is 11.6 Å². The predicted molar refractivity (Wildman–Crippen MR) is 77.4 cm³/mol. The van der Waals surface area contributed by atoms with Crippen molar-refractivity contribution in [3.05, 3.63) is 48.4 Å². The number of benzene rings is 1. The summed E-state index contributed by atoms with van der Waals surface area (Å²) < 4.78 is 1.89. The summed E-state index contributed by atoms with van der Waals surface area (Å²) in [5, 5.41) is 5.62. The smallest absolute Gasteiger partial charge is 0.0952 e. The Bertz CT molecular complexity index is 728. The van der Waals surface area contributed by atoms with Crippen LogP contribution in [-0.4, -0.2) is 14.8 Å². The lowest BCUT2D eigenvalue weighted by Crippen LogP contribution is -2.00. The fraction of sp³-hybridized carbons (Fsp3) is 0.200. The molecule has 0 fully saturated rings. The maximum absolute atomic E-state index is 5.96. The van der Waals surface area contributed by atoms with Crippen molar-refractivity contribution in [2.24, 2.45) is 0 Å². The summed E-state index contributed by atoms with van der Waals surface area (Å²) in [6.07, 6.45) is 3.75. The van der Waals surface area contributed by atoms with Gasteiger partial charge in [-0.05, 0) is 24.1 Å². The van der Waals surface area contributed by atoms with Gasteiger partial charge in [0.2, 0.25) is 0 Å². The lowest BCUT2D eigenvalue weighted by atomic mass is 10.1. The summed E-state index contributed by atoms with van der Waals surface area (Å²) >= 11 is 0. The van der Waals surface area contributed by atoms with Crippen molar-refractivity contribution in [1.82, 2.24) is 14.8 Å². The Balaban J connectivity index is 2.22. The van der Waals surface area contributed by atoms with Crippen LogP contribution in [0.5, 0.6) is 0 Å². The summed E-state index contributed by atoms with van der Waals surface area (Å²) in [5.74, 6) is 0.416. The lowest BCUT2D eigenvalue weighted by Gasteiger charge is -2.07. The van der Waals surface area contributed by atoms with E-state index in [2.05, 4.69) is 23.9 Å². The molecule has 3 rings (SSSR count). The second kappa shape index (κ2) is 4.39. The van der Waals surface area contributed by atoms with Crippen LogP contribution < -0.4 is 5.73 Å². The molecule has 0 saturated carbocycles. The number of hydrogen-bond acceptors (Lipinski definition) is 3. The molecule has 0 radical (unpaired) electrons. The van der Waals surface area contributed by atoms with Crippen molar-refractivity contribution >= 4 is 16.6 Å². The highest BCUT2D eigenvalue weighted by Gasteiger charge is 2.09. The quantitative estimate of drug-likeness (QED) is 0.713. The number of aromatic nitrogens is 3. The Hall–Kier alpha value is -2.36. The van der Waals surface area contributed by atoms with E-state index in [1.807, 2.05) is 41.2 Å². The van der Waals surface area contributed by atoms with Gasteiger partial charge in [0.15, 0.2) is 0 Å². The first-order valence-corrected chi connectivity index (χ1v) is 6.36. The third kappa shape index (κ3) is 1.95. The molecule has 0 aliphatic rings. The van der Waals surface area contributed by atoms with Crippen molar-refractivity contribution in [3.8, 4) is 5.69 Å². The molecule has 0 spiro atoms. The van der Waals surface area contributed by atoms with Gasteiger partial charge in [-0.2, -0.15) is 5.10 Å². The van der Waals surface area contributed by atoms with E-state index in [9.17, 15) is 0 Å². The number of hydrogen-bond donors (Lipinski definition) is 1. The highest BCUT2D eigenvalue weighted by atomic mass is 15.3. The number of anilines is 1. The first-order chi connectivity index (χ1) is 9.16. The van der Waals surface area contributed by atoms with Gasteiger partial charge in [0, 0.05) is 17.8 Å². The minimum absolute atomic E-state index is 0.416. The highest BCUT2D eigenvalue weighted by Crippen LogP contribution is 2.24. The molecule has 0 atom stereocenters. The average molecular weight is 252 g/mol. The predicted octanol–water partition coefficient (Wildman–Crippen LogP) is 3.13. The number of fused-ring (bicyclic) bond motifs is 1. The number of para-hydroxylation sites is 1. The Morgan fingerprint density at radius 2 is 2.00 bits per heavy atom. The highest BCUT2D eigenvalue weighted by molar-refractivity contribution is 5.94. The summed E-state index contributed by atoms with van der Waals surface area (Å²) in [4.78, 5) is 4.34. The Morgan fingerprint density at radius 1 is 1.16 bits per heavy atom. The van der Waals surface area contributed by atoms with Crippen molar-refractivity contribution in [2.75, 3.05) is 5.73 Å². The molecule has 4 heteroatoms. The summed E-state index contributed by atoms with van der Waals surface area (Å²) in [6, 6.07) is 9.82. The summed E-state index contributed by atoms with van der Waals surface area (Å²) in [6.45, 7) is 4.27. The molecule has 4 nitrogen and oxygen atoms in total. The molecule has 96 valence electrons. The van der Waals surface area contributed by atoms with E-state index in [1.165, 1.54) is 0 Å². The van der Waals surface area contributed by atoms with Crippen LogP contribution in [0.3, 0.4) is 0 Å². The SMILES string of the molecule is CC(C)c1ccn(-c2ccnc3c(N)cccc23)n1. The largest absolute Gasteiger partial charge is 0.397 e. The molecule has 0 saturated heterocycles. The molecule has 0 aliphatic heterocycles. The molecular formula is C15H16N4. The zero-order chi connectivity index (χ0) is 13.4. The first kappa shape index (κ1) is 11.7. The van der Waals surface area contributed by atoms with Crippen LogP contribution in [0.2, 0.25) is 0 Å². The first-order valence-electron chi connectivity index (χ1n) is 6.36. The topological polar surface area (TPSA) is 56.7 Å². The average Bonchev–Trinajstić information content (AvgIpc) is 2.88. The third-order valence-corrected chi connectivity index (χ3v) is 3.23. The van der Waals surface area contributed by atoms with Crippen LogP contribution in [0.1, 0.15) is 25.5 Å². The Morgan fingerprint density at radius 3 is 2.74 bits per heavy atom. The number of rotatable bonds is 2. The second-order valence-electron chi connectivity index (χ2n) is 4.91. The van der Waals surface area contributed by atoms with Gasteiger partial charge in [-0.3, -0.25) is 4.98 Å². The van der Waals surface area contributed by atoms with E-state index in [1.54, 1.807) is 6.20 Å². The van der Waals surface area contributed by atoms with Crippen molar-refractivity contribution in [3.63, 3.8) is 0 Å². The van der Waals surface area contributed by atoms with Gasteiger partial charge in [0.25, 0.3) is 0 Å². The molecular weight excluding hydrogens is 236 g/mol. The van der Waals surface area contributed by atoms with Crippen LogP contribution >= 0.6 is 0 Å². The van der Waals surface area contributed by atoms with E-state index < -0.39 is 0 Å². The normalized spacial score (nSPS) is 11.3. The molecule has 3 aromatic rings. The fourth-order valence-corrected chi connectivity index (χ4v) is 2.16. The molecule has 2 heterocycles. The van der Waals surface area contributed by atoms with Crippen molar-refractivity contribution in [1.29, 1.82) is 0 Å². The van der Waals surface area contributed by atoms with Crippen LogP contribution in [0.4, 0.5) is 5.69 Å². The molecule has 2 N–H and O–H groups in total. The van der Waals surface area contributed by atoms with Gasteiger partial charge in [0.1, 0.15) is 0 Å². The Kier molecular flexibility index (Phi) is 2.71. The van der Waals surface area contributed by atoms with E-state index >= 15 is 0 Å². The molecule has 1 aromatic carbocycles. The standard InChI is InChI=1S/C15H16N4/c1-10(2)13-7-9-19(18-13)14-6-8-17-15-11(14)4-3-5-12(15)16/h3-10H,16H2,1-2H3. The maximum Gasteiger partial charge on any atom is 0.0952 e. The van der Waals surface area contributed by atoms with Crippen molar-refractivity contribution in [2.45, 2.75) is 19.8 Å². The monoisotopic (exact) mass is 252 g/mol. The van der Waals surface area contributed by atoms with Gasteiger partial charge < -0.3 is 5.73 Å². The summed E-state index contributed by atoms with van der Waals surface area (Å²) in [5.41, 5.74) is 9.56. The van der Waals surface area contributed by atoms with Gasteiger partial charge in [-0.25, -0.2) is 4.68 Å². The number of nitrogen functional groups attached to an aromatic ring is 1. The van der Waals surface area contributed by atoms with E-state index in [-0.39, 0.29) is 0 Å². The van der Waals surface area contributed by atoms with Crippen LogP contribution in [0.15, 0.2) is 42.7 Å². The fourth-order valence-electron chi connectivity index (χ4n) is 2.16. The van der Waals surface area contributed by atoms with Gasteiger partial charge in [-0.1, -0.05) is 26.0 Å². The van der Waals surface area contributed by atoms with Gasteiger partial charge in [-0.15, -0.1) is 0 Å². The second-order valence-corrected chi connectivity index (χ2v) is 4.91. The molecule has 19 heavy (non-hydrogen) atoms. The minimum atomic E-state index is 0.416. The number of nitrogens with two attached hydrogens (primary N) is 1. The number of pyridine rings is 1. The Labute approximate surface area is 111 Å². The number of nitrogens with zero attached hydrogens (tertiary/aromatic N) is 3. The van der Waals surface area contributed by atoms with E-state index in [0.717, 1.165) is 22.3 Å². The maximum atomic E-state index is 5.96. The molecule has 0 aliphatic carbocycles. The lowest BCUT2D eigenvalue weighted by molar-refractivity contribution is 0.770. The summed E-state index contributed by atoms with van der Waals surface area (Å²) in [7, 11) is 0. The van der Waals surface area contributed by atoms with Crippen LogP contribution in [-0.2, 0) is 0 Å². The van der Waals surface area contributed by atoms with Gasteiger partial charge >= 0.3 is 0 Å².